The lowest BCUT2D eigenvalue weighted by Crippen LogP contribution is -2.37. The minimum absolute atomic E-state index is 0.115. The van der Waals surface area contributed by atoms with E-state index in [0.29, 0.717) is 12.2 Å². The Labute approximate surface area is 96.7 Å². The zero-order chi connectivity index (χ0) is 11.5. The van der Waals surface area contributed by atoms with Crippen molar-refractivity contribution in [1.82, 2.24) is 10.3 Å². The number of alkyl halides is 1. The van der Waals surface area contributed by atoms with Crippen molar-refractivity contribution < 1.29 is 4.79 Å². The summed E-state index contributed by atoms with van der Waals surface area (Å²) in [6.07, 6.45) is 0. The van der Waals surface area contributed by atoms with E-state index >= 15 is 0 Å². The van der Waals surface area contributed by atoms with E-state index in [1.165, 1.54) is 0 Å². The lowest BCUT2D eigenvalue weighted by atomic mass is 9.95. The van der Waals surface area contributed by atoms with E-state index in [2.05, 4.69) is 10.3 Å². The molecular weight excluding hydrogens is 236 g/mol. The Morgan fingerprint density at radius 1 is 1.67 bits per heavy atom. The number of aromatic nitrogens is 1. The number of hydrogen-bond acceptors (Lipinski definition) is 3. The van der Waals surface area contributed by atoms with Gasteiger partial charge in [0.25, 0.3) is 0 Å². The van der Waals surface area contributed by atoms with Crippen molar-refractivity contribution in [2.24, 2.45) is 5.41 Å². The van der Waals surface area contributed by atoms with E-state index < -0.39 is 5.41 Å². The first kappa shape index (κ1) is 12.3. The number of aromatic amines is 1. The summed E-state index contributed by atoms with van der Waals surface area (Å²) in [4.78, 5) is 24.9. The molecule has 2 N–H and O–H groups in total. The molecule has 0 aliphatic heterocycles. The summed E-state index contributed by atoms with van der Waals surface area (Å²) in [5.41, 5.74) is 0.126. The van der Waals surface area contributed by atoms with Gasteiger partial charge >= 0.3 is 4.87 Å². The van der Waals surface area contributed by atoms with E-state index in [0.717, 1.165) is 11.3 Å². The highest BCUT2D eigenvalue weighted by molar-refractivity contribution is 7.07. The van der Waals surface area contributed by atoms with E-state index in [1.807, 2.05) is 0 Å². The fourth-order valence-electron chi connectivity index (χ4n) is 0.876. The van der Waals surface area contributed by atoms with Crippen LogP contribution in [-0.4, -0.2) is 16.8 Å². The van der Waals surface area contributed by atoms with Gasteiger partial charge in [0.1, 0.15) is 0 Å². The lowest BCUT2D eigenvalue weighted by Gasteiger charge is -2.19. The fraction of sp³-hybridized carbons (Fsp3) is 0.556. The Balaban J connectivity index is 2.51. The third-order valence-electron chi connectivity index (χ3n) is 1.96. The first-order chi connectivity index (χ1) is 6.95. The van der Waals surface area contributed by atoms with Crippen LogP contribution >= 0.6 is 22.9 Å². The number of carbonyl (C=O) groups excluding carboxylic acids is 1. The molecule has 0 aromatic carbocycles. The number of hydrogen-bond donors (Lipinski definition) is 2. The second-order valence-corrected chi connectivity index (χ2v) is 4.98. The van der Waals surface area contributed by atoms with Gasteiger partial charge in [0.05, 0.1) is 12.0 Å². The van der Waals surface area contributed by atoms with Crippen LogP contribution in [0.15, 0.2) is 10.2 Å². The molecule has 0 aliphatic rings. The Bertz CT molecular complexity index is 397. The van der Waals surface area contributed by atoms with E-state index in [-0.39, 0.29) is 16.7 Å². The Morgan fingerprint density at radius 3 is 2.80 bits per heavy atom. The van der Waals surface area contributed by atoms with Gasteiger partial charge in [0.2, 0.25) is 5.91 Å². The van der Waals surface area contributed by atoms with Crippen molar-refractivity contribution in [2.75, 3.05) is 5.88 Å². The molecule has 0 saturated carbocycles. The molecule has 1 rings (SSSR count). The molecule has 1 amide bonds. The third-order valence-corrected chi connectivity index (χ3v) is 3.35. The second kappa shape index (κ2) is 4.81. The maximum absolute atomic E-state index is 11.6. The van der Waals surface area contributed by atoms with Crippen LogP contribution in [0.1, 0.15) is 19.5 Å². The van der Waals surface area contributed by atoms with Crippen LogP contribution in [0.5, 0.6) is 0 Å². The van der Waals surface area contributed by atoms with Crippen molar-refractivity contribution in [2.45, 2.75) is 20.4 Å². The van der Waals surface area contributed by atoms with Gasteiger partial charge in [0.15, 0.2) is 0 Å². The van der Waals surface area contributed by atoms with Gasteiger partial charge in [0, 0.05) is 17.0 Å². The molecule has 0 unspecified atom stereocenters. The third kappa shape index (κ3) is 3.35. The molecule has 0 saturated heterocycles. The largest absolute Gasteiger partial charge is 0.350 e. The Kier molecular flexibility index (Phi) is 3.93. The van der Waals surface area contributed by atoms with Crippen LogP contribution in [-0.2, 0) is 11.3 Å². The second-order valence-electron chi connectivity index (χ2n) is 3.87. The quantitative estimate of drug-likeness (QED) is 0.790. The monoisotopic (exact) mass is 248 g/mol. The summed E-state index contributed by atoms with van der Waals surface area (Å²) < 4.78 is 0. The number of carbonyl (C=O) groups is 1. The van der Waals surface area contributed by atoms with Gasteiger partial charge < -0.3 is 10.3 Å². The highest BCUT2D eigenvalue weighted by Crippen LogP contribution is 2.16. The molecule has 1 heterocycles. The van der Waals surface area contributed by atoms with Gasteiger partial charge in [-0.3, -0.25) is 9.59 Å². The van der Waals surface area contributed by atoms with Crippen LogP contribution < -0.4 is 10.2 Å². The molecule has 0 aliphatic carbocycles. The zero-order valence-electron chi connectivity index (χ0n) is 8.59. The minimum atomic E-state index is -0.585. The number of nitrogens with one attached hydrogen (secondary N) is 2. The van der Waals surface area contributed by atoms with Gasteiger partial charge in [-0.1, -0.05) is 11.3 Å². The predicted octanol–water partition coefficient (Wildman–Crippen LogP) is 1.32. The summed E-state index contributed by atoms with van der Waals surface area (Å²) in [6.45, 7) is 3.87. The first-order valence-electron chi connectivity index (χ1n) is 4.46. The fourth-order valence-corrected chi connectivity index (χ4v) is 1.58. The molecule has 84 valence electrons. The Hall–Kier alpha value is -0.810. The number of H-pyrrole nitrogens is 1. The zero-order valence-corrected chi connectivity index (χ0v) is 10.2. The van der Waals surface area contributed by atoms with Crippen molar-refractivity contribution in [3.8, 4) is 0 Å². The van der Waals surface area contributed by atoms with Crippen molar-refractivity contribution >= 4 is 28.8 Å². The lowest BCUT2D eigenvalue weighted by molar-refractivity contribution is -0.128. The van der Waals surface area contributed by atoms with Crippen molar-refractivity contribution in [3.05, 3.63) is 20.7 Å². The summed E-state index contributed by atoms with van der Waals surface area (Å²) in [5.74, 6) is 0.142. The minimum Gasteiger partial charge on any atom is -0.350 e. The topological polar surface area (TPSA) is 62.0 Å². The van der Waals surface area contributed by atoms with Crippen LogP contribution in [0.25, 0.3) is 0 Å². The van der Waals surface area contributed by atoms with Crippen LogP contribution in [0.2, 0.25) is 0 Å². The number of halogens is 1. The molecule has 0 fully saturated rings. The van der Waals surface area contributed by atoms with Crippen LogP contribution in [0, 0.1) is 5.41 Å². The van der Waals surface area contributed by atoms with E-state index in [4.69, 9.17) is 11.6 Å². The molecule has 1 aromatic heterocycles. The van der Waals surface area contributed by atoms with E-state index in [9.17, 15) is 9.59 Å². The van der Waals surface area contributed by atoms with Crippen LogP contribution in [0.4, 0.5) is 0 Å². The molecule has 1 aromatic rings. The van der Waals surface area contributed by atoms with Crippen LogP contribution in [0.3, 0.4) is 0 Å². The highest BCUT2D eigenvalue weighted by atomic mass is 35.5. The molecule has 15 heavy (non-hydrogen) atoms. The van der Waals surface area contributed by atoms with E-state index in [1.54, 1.807) is 19.2 Å². The molecule has 0 bridgehead atoms. The average molecular weight is 249 g/mol. The molecule has 4 nitrogen and oxygen atoms in total. The summed E-state index contributed by atoms with van der Waals surface area (Å²) in [7, 11) is 0. The smallest absolute Gasteiger partial charge is 0.304 e. The standard InChI is InChI=1S/C9H13ClN2O2S/c1-9(2,5-10)7(13)11-3-6-4-15-8(14)12-6/h4H,3,5H2,1-2H3,(H,11,13)(H,12,14). The average Bonchev–Trinajstić information content (AvgIpc) is 2.60. The van der Waals surface area contributed by atoms with Gasteiger partial charge in [-0.25, -0.2) is 0 Å². The molecule has 0 spiro atoms. The van der Waals surface area contributed by atoms with Gasteiger partial charge in [-0.2, -0.15) is 0 Å². The summed E-state index contributed by atoms with van der Waals surface area (Å²) in [6, 6.07) is 0. The molecule has 0 atom stereocenters. The molecule has 6 heteroatoms. The van der Waals surface area contributed by atoms with Crippen molar-refractivity contribution in [3.63, 3.8) is 0 Å². The summed E-state index contributed by atoms with van der Waals surface area (Å²) in [5, 5.41) is 4.41. The van der Waals surface area contributed by atoms with Gasteiger partial charge in [-0.15, -0.1) is 11.6 Å². The van der Waals surface area contributed by atoms with Gasteiger partial charge in [-0.05, 0) is 13.8 Å². The highest BCUT2D eigenvalue weighted by Gasteiger charge is 2.25. The maximum Gasteiger partial charge on any atom is 0.304 e. The Morgan fingerprint density at radius 2 is 2.33 bits per heavy atom. The maximum atomic E-state index is 11.6. The molecule has 0 radical (unpaired) electrons. The summed E-state index contributed by atoms with van der Waals surface area (Å²) >= 11 is 6.74. The number of amides is 1. The van der Waals surface area contributed by atoms with Crippen molar-refractivity contribution in [1.29, 1.82) is 0 Å². The number of rotatable bonds is 4. The first-order valence-corrected chi connectivity index (χ1v) is 5.88. The predicted molar refractivity (Wildman–Crippen MR) is 61.3 cm³/mol. The molecular formula is C9H13ClN2O2S. The normalized spacial score (nSPS) is 11.4. The SMILES string of the molecule is CC(C)(CCl)C(=O)NCc1csc(=O)[nH]1. The number of thiazole rings is 1.